The first-order valence-electron chi connectivity index (χ1n) is 7.31. The molecule has 0 radical (unpaired) electrons. The number of unbranched alkanes of at least 4 members (excludes halogenated alkanes) is 1. The van der Waals surface area contributed by atoms with Crippen LogP contribution in [0.2, 0.25) is 0 Å². The Balaban J connectivity index is 0.000000170. The lowest BCUT2D eigenvalue weighted by atomic mass is 10.2. The first-order valence-corrected chi connectivity index (χ1v) is 8.19. The number of rotatable bonds is 4. The van der Waals surface area contributed by atoms with Crippen LogP contribution in [0.4, 0.5) is 0 Å². The van der Waals surface area contributed by atoms with Crippen LogP contribution in [0, 0.1) is 0 Å². The van der Waals surface area contributed by atoms with Gasteiger partial charge in [-0.1, -0.05) is 43.7 Å². The lowest BCUT2D eigenvalue weighted by Crippen LogP contribution is -2.05. The molecule has 0 saturated heterocycles. The minimum Gasteiger partial charge on any atom is -0.462 e. The van der Waals surface area contributed by atoms with Crippen LogP contribution in [-0.2, 0) is 4.74 Å². The van der Waals surface area contributed by atoms with Crippen molar-refractivity contribution in [1.29, 1.82) is 0 Å². The largest absolute Gasteiger partial charge is 0.462 e. The summed E-state index contributed by atoms with van der Waals surface area (Å²) >= 11 is 1.68. The molecule has 114 valence electrons. The van der Waals surface area contributed by atoms with E-state index >= 15 is 0 Å². The van der Waals surface area contributed by atoms with Crippen LogP contribution < -0.4 is 0 Å². The predicted molar refractivity (Wildman–Crippen MR) is 91.3 cm³/mol. The van der Waals surface area contributed by atoms with Crippen molar-refractivity contribution in [3.63, 3.8) is 0 Å². The average molecular weight is 313 g/mol. The molecular weight excluding hydrogens is 294 g/mol. The zero-order valence-corrected chi connectivity index (χ0v) is 13.4. The number of ether oxygens (including phenoxy) is 1. The molecule has 0 unspecified atom stereocenters. The van der Waals surface area contributed by atoms with Crippen LogP contribution in [0.1, 0.15) is 30.1 Å². The Morgan fingerprint density at radius 1 is 1.09 bits per heavy atom. The smallest absolute Gasteiger partial charge is 0.338 e. The van der Waals surface area contributed by atoms with Crippen LogP contribution in [0.3, 0.4) is 0 Å². The maximum atomic E-state index is 11.3. The molecule has 0 aliphatic carbocycles. The van der Waals surface area contributed by atoms with Crippen LogP contribution in [0.15, 0.2) is 60.1 Å². The standard InChI is InChI=1S/C11H14O2.C7H5NS/c1-2-3-9-13-11(12)10-7-5-4-6-8-10;1-2-4-7-6(3-1)8-5-9-7/h4-8H,2-3,9H2,1H3;1-5H. The summed E-state index contributed by atoms with van der Waals surface area (Å²) in [7, 11) is 0. The summed E-state index contributed by atoms with van der Waals surface area (Å²) in [6.07, 6.45) is 1.97. The number of hydrogen-bond donors (Lipinski definition) is 0. The molecule has 2 aromatic carbocycles. The highest BCUT2D eigenvalue weighted by Gasteiger charge is 2.03. The molecule has 1 heterocycles. The van der Waals surface area contributed by atoms with E-state index in [9.17, 15) is 4.79 Å². The number of thiazole rings is 1. The van der Waals surface area contributed by atoms with E-state index in [0.717, 1.165) is 18.4 Å². The van der Waals surface area contributed by atoms with E-state index < -0.39 is 0 Å². The van der Waals surface area contributed by atoms with Crippen molar-refractivity contribution in [1.82, 2.24) is 4.98 Å². The summed E-state index contributed by atoms with van der Waals surface area (Å²) in [5, 5.41) is 0. The summed E-state index contributed by atoms with van der Waals surface area (Å²) in [5.74, 6) is -0.228. The first-order chi connectivity index (χ1) is 10.8. The molecule has 4 heteroatoms. The third-order valence-corrected chi connectivity index (χ3v) is 3.79. The number of benzene rings is 2. The zero-order chi connectivity index (χ0) is 15.6. The van der Waals surface area contributed by atoms with Crippen molar-refractivity contribution in [2.45, 2.75) is 19.8 Å². The van der Waals surface area contributed by atoms with Gasteiger partial charge < -0.3 is 4.74 Å². The molecule has 0 spiro atoms. The van der Waals surface area contributed by atoms with E-state index in [1.807, 2.05) is 41.9 Å². The Morgan fingerprint density at radius 3 is 2.55 bits per heavy atom. The molecule has 0 aliphatic heterocycles. The second-order valence-electron chi connectivity index (χ2n) is 4.68. The molecule has 0 N–H and O–H groups in total. The van der Waals surface area contributed by atoms with E-state index in [0.29, 0.717) is 12.2 Å². The maximum absolute atomic E-state index is 11.3. The van der Waals surface area contributed by atoms with Crippen molar-refractivity contribution < 1.29 is 9.53 Å². The summed E-state index contributed by atoms with van der Waals surface area (Å²) in [5.41, 5.74) is 3.59. The summed E-state index contributed by atoms with van der Waals surface area (Å²) in [4.78, 5) is 15.4. The van der Waals surface area contributed by atoms with Gasteiger partial charge in [0.2, 0.25) is 0 Å². The van der Waals surface area contributed by atoms with E-state index in [-0.39, 0.29) is 5.97 Å². The van der Waals surface area contributed by atoms with E-state index in [1.165, 1.54) is 4.70 Å². The second kappa shape index (κ2) is 8.95. The highest BCUT2D eigenvalue weighted by atomic mass is 32.1. The molecule has 0 atom stereocenters. The fraction of sp³-hybridized carbons (Fsp3) is 0.222. The van der Waals surface area contributed by atoms with Gasteiger partial charge in [0.25, 0.3) is 0 Å². The molecule has 0 aliphatic rings. The van der Waals surface area contributed by atoms with Gasteiger partial charge in [0.15, 0.2) is 0 Å². The topological polar surface area (TPSA) is 39.2 Å². The number of para-hydroxylation sites is 1. The highest BCUT2D eigenvalue weighted by Crippen LogP contribution is 2.15. The van der Waals surface area contributed by atoms with Gasteiger partial charge in [-0.3, -0.25) is 0 Å². The first kappa shape index (κ1) is 16.2. The molecule has 0 amide bonds. The summed E-state index contributed by atoms with van der Waals surface area (Å²) in [6, 6.07) is 17.2. The maximum Gasteiger partial charge on any atom is 0.338 e. The normalized spacial score (nSPS) is 9.86. The number of hydrogen-bond acceptors (Lipinski definition) is 4. The minimum absolute atomic E-state index is 0.228. The van der Waals surface area contributed by atoms with Crippen LogP contribution >= 0.6 is 11.3 Å². The quantitative estimate of drug-likeness (QED) is 0.506. The van der Waals surface area contributed by atoms with Gasteiger partial charge in [-0.15, -0.1) is 11.3 Å². The lowest BCUT2D eigenvalue weighted by Gasteiger charge is -2.02. The Labute approximate surface area is 134 Å². The molecule has 0 bridgehead atoms. The fourth-order valence-electron chi connectivity index (χ4n) is 1.77. The van der Waals surface area contributed by atoms with E-state index in [2.05, 4.69) is 18.0 Å². The fourth-order valence-corrected chi connectivity index (χ4v) is 2.45. The van der Waals surface area contributed by atoms with Crippen molar-refractivity contribution >= 4 is 27.5 Å². The van der Waals surface area contributed by atoms with E-state index in [1.54, 1.807) is 23.5 Å². The Bertz CT molecular complexity index is 664. The Morgan fingerprint density at radius 2 is 1.82 bits per heavy atom. The number of carbonyl (C=O) groups excluding carboxylic acids is 1. The molecule has 0 fully saturated rings. The molecule has 3 rings (SSSR count). The lowest BCUT2D eigenvalue weighted by molar-refractivity contribution is 0.0500. The van der Waals surface area contributed by atoms with Crippen molar-refractivity contribution in [3.8, 4) is 0 Å². The second-order valence-corrected chi connectivity index (χ2v) is 5.56. The number of aromatic nitrogens is 1. The van der Waals surface area contributed by atoms with Crippen LogP contribution in [0.25, 0.3) is 10.2 Å². The number of fused-ring (bicyclic) bond motifs is 1. The Kier molecular flexibility index (Phi) is 6.58. The van der Waals surface area contributed by atoms with E-state index in [4.69, 9.17) is 4.74 Å². The average Bonchev–Trinajstić information content (AvgIpc) is 3.05. The van der Waals surface area contributed by atoms with Gasteiger partial charge >= 0.3 is 5.97 Å². The molecule has 1 aromatic heterocycles. The van der Waals surface area contributed by atoms with Gasteiger partial charge in [-0.2, -0.15) is 0 Å². The van der Waals surface area contributed by atoms with Gasteiger partial charge in [-0.25, -0.2) is 9.78 Å². The summed E-state index contributed by atoms with van der Waals surface area (Å²) < 4.78 is 6.29. The van der Waals surface area contributed by atoms with Crippen molar-refractivity contribution in [2.75, 3.05) is 6.61 Å². The minimum atomic E-state index is -0.228. The molecule has 3 aromatic rings. The highest BCUT2D eigenvalue weighted by molar-refractivity contribution is 7.16. The van der Waals surface area contributed by atoms with Crippen molar-refractivity contribution in [3.05, 3.63) is 65.7 Å². The van der Waals surface area contributed by atoms with Crippen LogP contribution in [-0.4, -0.2) is 17.6 Å². The van der Waals surface area contributed by atoms with Gasteiger partial charge in [0.05, 0.1) is 27.9 Å². The predicted octanol–water partition coefficient (Wildman–Crippen LogP) is 4.94. The summed E-state index contributed by atoms with van der Waals surface area (Å²) in [6.45, 7) is 2.58. The molecular formula is C18H19NO2S. The van der Waals surface area contributed by atoms with Gasteiger partial charge in [-0.05, 0) is 30.7 Å². The zero-order valence-electron chi connectivity index (χ0n) is 12.6. The molecule has 3 nitrogen and oxygen atoms in total. The molecule has 0 saturated carbocycles. The third-order valence-electron chi connectivity index (χ3n) is 2.98. The monoisotopic (exact) mass is 313 g/mol. The third kappa shape index (κ3) is 4.97. The molecule has 22 heavy (non-hydrogen) atoms. The van der Waals surface area contributed by atoms with Crippen molar-refractivity contribution in [2.24, 2.45) is 0 Å². The number of esters is 1. The number of nitrogens with zero attached hydrogens (tertiary/aromatic N) is 1. The van der Waals surface area contributed by atoms with Gasteiger partial charge in [0, 0.05) is 0 Å². The Hall–Kier alpha value is -2.20. The SMILES string of the molecule is CCCCOC(=O)c1ccccc1.c1ccc2scnc2c1. The van der Waals surface area contributed by atoms with Gasteiger partial charge in [0.1, 0.15) is 0 Å². The van der Waals surface area contributed by atoms with Crippen LogP contribution in [0.5, 0.6) is 0 Å². The number of carbonyl (C=O) groups is 1.